The minimum atomic E-state index is -0.712. The molecular weight excluding hydrogens is 346 g/mol. The lowest BCUT2D eigenvalue weighted by Crippen LogP contribution is -2.17. The number of rotatable bonds is 4. The number of carbonyl (C=O) groups excluding carboxylic acids is 1. The first kappa shape index (κ1) is 16.8. The molecular formula is C20H17N3O4. The highest BCUT2D eigenvalue weighted by atomic mass is 16.5. The van der Waals surface area contributed by atoms with E-state index in [1.165, 1.54) is 0 Å². The number of benzene rings is 2. The summed E-state index contributed by atoms with van der Waals surface area (Å²) in [6, 6.07) is 14.2. The molecule has 0 fully saturated rings. The molecule has 0 bridgehead atoms. The molecule has 4 aromatic rings. The lowest BCUT2D eigenvalue weighted by molar-refractivity contribution is 0.0314. The van der Waals surface area contributed by atoms with Crippen LogP contribution < -0.4 is 10.3 Å². The second kappa shape index (κ2) is 6.60. The van der Waals surface area contributed by atoms with Gasteiger partial charge in [-0.15, -0.1) is 0 Å². The fourth-order valence-electron chi connectivity index (χ4n) is 2.92. The number of fused-ring (bicyclic) bond motifs is 2. The smallest absolute Gasteiger partial charge is 0.355 e. The summed E-state index contributed by atoms with van der Waals surface area (Å²) in [4.78, 5) is 34.8. The predicted octanol–water partition coefficient (Wildman–Crippen LogP) is 3.33. The third kappa shape index (κ3) is 3.15. The van der Waals surface area contributed by atoms with Crippen LogP contribution in [-0.4, -0.2) is 28.0 Å². The minimum Gasteiger partial charge on any atom is -0.497 e. The summed E-state index contributed by atoms with van der Waals surface area (Å²) in [5.41, 5.74) is 1.37. The molecule has 0 amide bonds. The number of ether oxygens (including phenoxy) is 2. The van der Waals surface area contributed by atoms with Gasteiger partial charge in [0.2, 0.25) is 0 Å². The van der Waals surface area contributed by atoms with E-state index in [1.807, 2.05) is 12.1 Å². The van der Waals surface area contributed by atoms with Crippen molar-refractivity contribution in [3.8, 4) is 5.75 Å². The highest BCUT2D eigenvalue weighted by Gasteiger charge is 2.18. The van der Waals surface area contributed by atoms with Gasteiger partial charge in [0.05, 0.1) is 18.0 Å². The van der Waals surface area contributed by atoms with E-state index < -0.39 is 12.1 Å². The van der Waals surface area contributed by atoms with Gasteiger partial charge >= 0.3 is 5.97 Å². The zero-order valence-electron chi connectivity index (χ0n) is 14.8. The number of H-pyrrole nitrogens is 2. The molecule has 0 radical (unpaired) electrons. The van der Waals surface area contributed by atoms with Gasteiger partial charge in [-0.25, -0.2) is 9.78 Å². The van der Waals surface area contributed by atoms with Gasteiger partial charge in [0, 0.05) is 17.0 Å². The van der Waals surface area contributed by atoms with E-state index in [4.69, 9.17) is 9.47 Å². The van der Waals surface area contributed by atoms with Crippen LogP contribution in [0.15, 0.2) is 53.3 Å². The standard InChI is InChI=1S/C20H17N3O4/c1-11(18-22-15-6-4-3-5-14(15)19(24)23-18)27-20(25)17-9-12-7-8-13(26-2)10-16(12)21-17/h3-11,21H,1-2H3,(H,22,23,24)/t11-/m1/s1. The lowest BCUT2D eigenvalue weighted by Gasteiger charge is -2.12. The van der Waals surface area contributed by atoms with E-state index in [-0.39, 0.29) is 5.56 Å². The molecule has 0 aliphatic rings. The third-order valence-corrected chi connectivity index (χ3v) is 4.35. The normalized spacial score (nSPS) is 12.2. The summed E-state index contributed by atoms with van der Waals surface area (Å²) >= 11 is 0. The summed E-state index contributed by atoms with van der Waals surface area (Å²) in [6.07, 6.45) is -0.712. The van der Waals surface area contributed by atoms with Gasteiger partial charge in [0.1, 0.15) is 11.4 Å². The van der Waals surface area contributed by atoms with Gasteiger partial charge in [0.15, 0.2) is 11.9 Å². The molecule has 0 spiro atoms. The van der Waals surface area contributed by atoms with E-state index in [9.17, 15) is 9.59 Å². The SMILES string of the molecule is COc1ccc2cc(C(=O)O[C@H](C)c3nc4ccccc4c(=O)[nH]3)[nH]c2c1. The second-order valence-corrected chi connectivity index (χ2v) is 6.15. The summed E-state index contributed by atoms with van der Waals surface area (Å²) < 4.78 is 10.7. The zero-order chi connectivity index (χ0) is 19.0. The van der Waals surface area contributed by atoms with Gasteiger partial charge in [0.25, 0.3) is 5.56 Å². The van der Waals surface area contributed by atoms with E-state index in [0.29, 0.717) is 28.2 Å². The number of aromatic nitrogens is 3. The number of para-hydroxylation sites is 1. The maximum Gasteiger partial charge on any atom is 0.355 e. The van der Waals surface area contributed by atoms with Crippen LogP contribution in [0.2, 0.25) is 0 Å². The molecule has 136 valence electrons. The second-order valence-electron chi connectivity index (χ2n) is 6.15. The van der Waals surface area contributed by atoms with Crippen molar-refractivity contribution in [3.05, 3.63) is 70.4 Å². The van der Waals surface area contributed by atoms with Gasteiger partial charge in [-0.05, 0) is 37.3 Å². The van der Waals surface area contributed by atoms with Crippen molar-refractivity contribution in [1.82, 2.24) is 15.0 Å². The predicted molar refractivity (Wildman–Crippen MR) is 101 cm³/mol. The van der Waals surface area contributed by atoms with Gasteiger partial charge < -0.3 is 19.4 Å². The molecule has 2 N–H and O–H groups in total. The van der Waals surface area contributed by atoms with Crippen molar-refractivity contribution in [1.29, 1.82) is 0 Å². The third-order valence-electron chi connectivity index (χ3n) is 4.35. The van der Waals surface area contributed by atoms with Crippen LogP contribution in [0, 0.1) is 0 Å². The Kier molecular flexibility index (Phi) is 4.12. The van der Waals surface area contributed by atoms with Crippen molar-refractivity contribution in [2.75, 3.05) is 7.11 Å². The van der Waals surface area contributed by atoms with Crippen molar-refractivity contribution in [2.24, 2.45) is 0 Å². The molecule has 0 saturated heterocycles. The average molecular weight is 363 g/mol. The fourth-order valence-corrected chi connectivity index (χ4v) is 2.92. The van der Waals surface area contributed by atoms with Crippen LogP contribution in [0.3, 0.4) is 0 Å². The molecule has 0 aliphatic carbocycles. The Morgan fingerprint density at radius 1 is 1.11 bits per heavy atom. The molecule has 2 heterocycles. The van der Waals surface area contributed by atoms with Crippen LogP contribution >= 0.6 is 0 Å². The Hall–Kier alpha value is -3.61. The maximum absolute atomic E-state index is 12.5. The van der Waals surface area contributed by atoms with Gasteiger partial charge in [-0.3, -0.25) is 4.79 Å². The monoisotopic (exact) mass is 363 g/mol. The van der Waals surface area contributed by atoms with Crippen LogP contribution in [-0.2, 0) is 4.74 Å². The Morgan fingerprint density at radius 3 is 2.74 bits per heavy atom. The number of nitrogens with zero attached hydrogens (tertiary/aromatic N) is 1. The quantitative estimate of drug-likeness (QED) is 0.542. The fraction of sp³-hybridized carbons (Fsp3) is 0.150. The first-order valence-corrected chi connectivity index (χ1v) is 8.42. The van der Waals surface area contributed by atoms with Crippen molar-refractivity contribution in [2.45, 2.75) is 13.0 Å². The van der Waals surface area contributed by atoms with E-state index in [0.717, 1.165) is 10.9 Å². The number of hydrogen-bond donors (Lipinski definition) is 2. The molecule has 1 atom stereocenters. The first-order valence-electron chi connectivity index (χ1n) is 8.42. The average Bonchev–Trinajstić information content (AvgIpc) is 3.11. The number of carbonyl (C=O) groups is 1. The Morgan fingerprint density at radius 2 is 1.93 bits per heavy atom. The number of methoxy groups -OCH3 is 1. The molecule has 0 unspecified atom stereocenters. The molecule has 4 rings (SSSR count). The van der Waals surface area contributed by atoms with E-state index in [1.54, 1.807) is 50.4 Å². The molecule has 7 nitrogen and oxygen atoms in total. The first-order chi connectivity index (χ1) is 13.0. The van der Waals surface area contributed by atoms with E-state index >= 15 is 0 Å². The number of nitrogens with one attached hydrogen (secondary N) is 2. The Labute approximate surface area is 154 Å². The number of esters is 1. The highest BCUT2D eigenvalue weighted by Crippen LogP contribution is 2.23. The summed E-state index contributed by atoms with van der Waals surface area (Å²) in [5, 5.41) is 1.36. The molecule has 7 heteroatoms. The van der Waals surface area contributed by atoms with Crippen LogP contribution in [0.4, 0.5) is 0 Å². The topological polar surface area (TPSA) is 97.1 Å². The molecule has 0 saturated carbocycles. The number of aromatic amines is 2. The zero-order valence-corrected chi connectivity index (χ0v) is 14.8. The summed E-state index contributed by atoms with van der Waals surface area (Å²) in [6.45, 7) is 1.66. The van der Waals surface area contributed by atoms with Crippen LogP contribution in [0.5, 0.6) is 5.75 Å². The Bertz CT molecular complexity index is 1210. The van der Waals surface area contributed by atoms with Crippen LogP contribution in [0.25, 0.3) is 21.8 Å². The number of hydrogen-bond acceptors (Lipinski definition) is 5. The molecule has 2 aromatic carbocycles. The van der Waals surface area contributed by atoms with Crippen molar-refractivity contribution in [3.63, 3.8) is 0 Å². The highest BCUT2D eigenvalue weighted by molar-refractivity contribution is 5.95. The molecule has 27 heavy (non-hydrogen) atoms. The molecule has 0 aliphatic heterocycles. The van der Waals surface area contributed by atoms with Gasteiger partial charge in [-0.2, -0.15) is 0 Å². The minimum absolute atomic E-state index is 0.267. The largest absolute Gasteiger partial charge is 0.497 e. The lowest BCUT2D eigenvalue weighted by atomic mass is 10.2. The molecule has 2 aromatic heterocycles. The van der Waals surface area contributed by atoms with E-state index in [2.05, 4.69) is 15.0 Å². The van der Waals surface area contributed by atoms with Crippen molar-refractivity contribution >= 4 is 27.8 Å². The summed E-state index contributed by atoms with van der Waals surface area (Å²) in [5.74, 6) is 0.453. The van der Waals surface area contributed by atoms with Crippen LogP contribution in [0.1, 0.15) is 29.3 Å². The van der Waals surface area contributed by atoms with Gasteiger partial charge in [-0.1, -0.05) is 12.1 Å². The summed E-state index contributed by atoms with van der Waals surface area (Å²) in [7, 11) is 1.58. The van der Waals surface area contributed by atoms with Crippen molar-refractivity contribution < 1.29 is 14.3 Å². The Balaban J connectivity index is 1.60. The maximum atomic E-state index is 12.5.